The number of fused-ring (bicyclic) bond motifs is 1. The summed E-state index contributed by atoms with van der Waals surface area (Å²) in [4.78, 5) is 0. The van der Waals surface area contributed by atoms with Crippen molar-refractivity contribution in [3.63, 3.8) is 0 Å². The van der Waals surface area contributed by atoms with Crippen molar-refractivity contribution in [1.82, 2.24) is 0 Å². The third-order valence-electron chi connectivity index (χ3n) is 2.32. The van der Waals surface area contributed by atoms with Crippen molar-refractivity contribution in [3.05, 3.63) is 35.2 Å². The topological polar surface area (TPSA) is 0 Å². The Morgan fingerprint density at radius 2 is 1.67 bits per heavy atom. The minimum Gasteiger partial charge on any atom is -0.144 e. The first-order valence-electron chi connectivity index (χ1n) is 5.55. The molecule has 15 heavy (non-hydrogen) atoms. The second kappa shape index (κ2) is 4.80. The fourth-order valence-electron chi connectivity index (χ4n) is 1.42. The number of rotatable bonds is 0. The zero-order chi connectivity index (χ0) is 11.5. The molecular weight excluding hydrogens is 200 g/mol. The Balaban J connectivity index is 0.000000531. The lowest BCUT2D eigenvalue weighted by atomic mass is 9.87. The molecule has 1 aromatic heterocycles. The fourth-order valence-corrected chi connectivity index (χ4v) is 2.25. The minimum atomic E-state index is 0.262. The predicted molar refractivity (Wildman–Crippen MR) is 71.9 cm³/mol. The van der Waals surface area contributed by atoms with E-state index in [2.05, 4.69) is 50.4 Å². The van der Waals surface area contributed by atoms with E-state index in [0.29, 0.717) is 0 Å². The van der Waals surface area contributed by atoms with Gasteiger partial charge in [-0.3, -0.25) is 0 Å². The molecule has 0 nitrogen and oxygen atoms in total. The van der Waals surface area contributed by atoms with Crippen molar-refractivity contribution in [2.45, 2.75) is 40.0 Å². The Morgan fingerprint density at radius 1 is 1.00 bits per heavy atom. The minimum absolute atomic E-state index is 0.262. The zero-order valence-electron chi connectivity index (χ0n) is 10.3. The fraction of sp³-hybridized carbons (Fsp3) is 0.429. The first-order chi connectivity index (χ1) is 7.07. The van der Waals surface area contributed by atoms with Crippen LogP contribution in [0.25, 0.3) is 10.1 Å². The summed E-state index contributed by atoms with van der Waals surface area (Å²) in [6.07, 6.45) is 0. The maximum atomic E-state index is 2.31. The van der Waals surface area contributed by atoms with Crippen molar-refractivity contribution in [2.75, 3.05) is 0 Å². The zero-order valence-corrected chi connectivity index (χ0v) is 11.1. The highest BCUT2D eigenvalue weighted by Gasteiger charge is 2.13. The summed E-state index contributed by atoms with van der Waals surface area (Å²) in [5.41, 5.74) is 1.68. The van der Waals surface area contributed by atoms with E-state index >= 15 is 0 Å². The van der Waals surface area contributed by atoms with Crippen LogP contribution in [0.5, 0.6) is 0 Å². The number of thiophene rings is 1. The highest BCUT2D eigenvalue weighted by Crippen LogP contribution is 2.28. The monoisotopic (exact) mass is 220 g/mol. The molecule has 2 aromatic rings. The summed E-state index contributed by atoms with van der Waals surface area (Å²) in [5, 5.41) is 3.51. The van der Waals surface area contributed by atoms with Crippen molar-refractivity contribution in [2.24, 2.45) is 0 Å². The van der Waals surface area contributed by atoms with Crippen LogP contribution < -0.4 is 0 Å². The molecule has 0 unspecified atom stereocenters. The molecule has 0 N–H and O–H groups in total. The van der Waals surface area contributed by atoms with Crippen LogP contribution in [0.3, 0.4) is 0 Å². The molecule has 82 valence electrons. The van der Waals surface area contributed by atoms with Gasteiger partial charge in [-0.05, 0) is 33.9 Å². The van der Waals surface area contributed by atoms with Crippen molar-refractivity contribution in [3.8, 4) is 0 Å². The number of hydrogen-bond donors (Lipinski definition) is 0. The molecule has 0 amide bonds. The van der Waals surface area contributed by atoms with Crippen LogP contribution in [0.2, 0.25) is 0 Å². The van der Waals surface area contributed by atoms with Gasteiger partial charge in [0.05, 0.1) is 0 Å². The summed E-state index contributed by atoms with van der Waals surface area (Å²) in [6.45, 7) is 10.8. The van der Waals surface area contributed by atoms with Crippen molar-refractivity contribution in [1.29, 1.82) is 0 Å². The molecule has 0 bridgehead atoms. The standard InChI is InChI=1S/C12H14S.C2H6/c1-12(2,3)10-5-4-9-6-7-13-11(9)8-10;1-2/h4-8H,1-3H3;1-2H3. The molecule has 1 heteroatoms. The molecular formula is C14H20S. The Morgan fingerprint density at radius 3 is 2.27 bits per heavy atom. The van der Waals surface area contributed by atoms with Crippen LogP contribution in [0.4, 0.5) is 0 Å². The summed E-state index contributed by atoms with van der Waals surface area (Å²) in [5.74, 6) is 0. The van der Waals surface area contributed by atoms with Gasteiger partial charge in [0.2, 0.25) is 0 Å². The van der Waals surface area contributed by atoms with Crippen LogP contribution in [0.15, 0.2) is 29.6 Å². The Labute approximate surface area is 96.9 Å². The average Bonchev–Trinajstić information content (AvgIpc) is 2.66. The molecule has 0 aliphatic carbocycles. The van der Waals surface area contributed by atoms with E-state index in [1.54, 1.807) is 0 Å². The molecule has 0 aliphatic heterocycles. The lowest BCUT2D eigenvalue weighted by Crippen LogP contribution is -2.10. The van der Waals surface area contributed by atoms with Gasteiger partial charge < -0.3 is 0 Å². The normalized spacial score (nSPS) is 11.0. The second-order valence-electron chi connectivity index (χ2n) is 4.42. The predicted octanol–water partition coefficient (Wildman–Crippen LogP) is 5.23. The van der Waals surface area contributed by atoms with Gasteiger partial charge in [0.25, 0.3) is 0 Å². The quantitative estimate of drug-likeness (QED) is 0.570. The van der Waals surface area contributed by atoms with Crippen LogP contribution in [-0.2, 0) is 5.41 Å². The molecule has 0 aliphatic rings. The first kappa shape index (κ1) is 12.3. The van der Waals surface area contributed by atoms with Gasteiger partial charge in [-0.15, -0.1) is 11.3 Å². The molecule has 0 fully saturated rings. The van der Waals surface area contributed by atoms with E-state index in [1.807, 2.05) is 25.2 Å². The van der Waals surface area contributed by atoms with E-state index in [4.69, 9.17) is 0 Å². The first-order valence-corrected chi connectivity index (χ1v) is 6.43. The SMILES string of the molecule is CC.CC(C)(C)c1ccc2ccsc2c1. The van der Waals surface area contributed by atoms with Gasteiger partial charge in [-0.1, -0.05) is 46.8 Å². The molecule has 0 saturated carbocycles. The highest BCUT2D eigenvalue weighted by molar-refractivity contribution is 7.17. The van der Waals surface area contributed by atoms with E-state index < -0.39 is 0 Å². The molecule has 0 spiro atoms. The summed E-state index contributed by atoms with van der Waals surface area (Å²) >= 11 is 1.82. The summed E-state index contributed by atoms with van der Waals surface area (Å²) in [7, 11) is 0. The molecule has 0 saturated heterocycles. The van der Waals surface area contributed by atoms with Gasteiger partial charge in [0.15, 0.2) is 0 Å². The van der Waals surface area contributed by atoms with Crippen LogP contribution in [0, 0.1) is 0 Å². The maximum Gasteiger partial charge on any atom is 0.0345 e. The Kier molecular flexibility index (Phi) is 3.92. The van der Waals surface area contributed by atoms with Crippen LogP contribution >= 0.6 is 11.3 Å². The van der Waals surface area contributed by atoms with Crippen molar-refractivity contribution < 1.29 is 0 Å². The van der Waals surface area contributed by atoms with E-state index in [-0.39, 0.29) is 5.41 Å². The van der Waals surface area contributed by atoms with Gasteiger partial charge in [-0.25, -0.2) is 0 Å². The molecule has 1 aromatic carbocycles. The lowest BCUT2D eigenvalue weighted by molar-refractivity contribution is 0.591. The Hall–Kier alpha value is -0.820. The molecule has 1 heterocycles. The van der Waals surface area contributed by atoms with Gasteiger partial charge in [-0.2, -0.15) is 0 Å². The van der Waals surface area contributed by atoms with E-state index in [9.17, 15) is 0 Å². The highest BCUT2D eigenvalue weighted by atomic mass is 32.1. The number of benzene rings is 1. The van der Waals surface area contributed by atoms with Crippen LogP contribution in [-0.4, -0.2) is 0 Å². The summed E-state index contributed by atoms with van der Waals surface area (Å²) < 4.78 is 1.40. The largest absolute Gasteiger partial charge is 0.144 e. The van der Waals surface area contributed by atoms with E-state index in [0.717, 1.165) is 0 Å². The van der Waals surface area contributed by atoms with Crippen molar-refractivity contribution >= 4 is 21.4 Å². The molecule has 0 radical (unpaired) electrons. The maximum absolute atomic E-state index is 2.31. The third-order valence-corrected chi connectivity index (χ3v) is 3.20. The van der Waals surface area contributed by atoms with Gasteiger partial charge >= 0.3 is 0 Å². The molecule has 0 atom stereocenters. The van der Waals surface area contributed by atoms with Crippen LogP contribution in [0.1, 0.15) is 40.2 Å². The third kappa shape index (κ3) is 2.82. The van der Waals surface area contributed by atoms with E-state index in [1.165, 1.54) is 15.6 Å². The lowest BCUT2D eigenvalue weighted by Gasteiger charge is -2.18. The summed E-state index contributed by atoms with van der Waals surface area (Å²) in [6, 6.07) is 8.92. The van der Waals surface area contributed by atoms with Gasteiger partial charge in [0.1, 0.15) is 0 Å². The Bertz CT molecular complexity index is 418. The second-order valence-corrected chi connectivity index (χ2v) is 5.37. The molecule has 2 rings (SSSR count). The average molecular weight is 220 g/mol. The van der Waals surface area contributed by atoms with Gasteiger partial charge in [0, 0.05) is 4.70 Å². The number of hydrogen-bond acceptors (Lipinski definition) is 1. The smallest absolute Gasteiger partial charge is 0.0345 e.